The summed E-state index contributed by atoms with van der Waals surface area (Å²) in [5.74, 6) is 0.761. The Morgan fingerprint density at radius 2 is 1.67 bits per heavy atom. The van der Waals surface area contributed by atoms with E-state index in [4.69, 9.17) is 0 Å². The van der Waals surface area contributed by atoms with Crippen LogP contribution in [0.15, 0.2) is 53.4 Å². The Balaban J connectivity index is 1.25. The van der Waals surface area contributed by atoms with E-state index in [1.807, 2.05) is 53.4 Å². The van der Waals surface area contributed by atoms with Crippen molar-refractivity contribution in [2.24, 2.45) is 0 Å². The summed E-state index contributed by atoms with van der Waals surface area (Å²) in [4.78, 5) is 28.0. The van der Waals surface area contributed by atoms with Crippen LogP contribution in [-0.4, -0.2) is 30.2 Å². The second kappa shape index (κ2) is 10.0. The first kappa shape index (κ1) is 20.8. The van der Waals surface area contributed by atoms with Gasteiger partial charge in [-0.3, -0.25) is 9.59 Å². The predicted octanol–water partition coefficient (Wildman–Crippen LogP) is 5.29. The minimum Gasteiger partial charge on any atom is -0.382 e. The quantitative estimate of drug-likeness (QED) is 0.663. The molecule has 2 aromatic rings. The summed E-state index contributed by atoms with van der Waals surface area (Å²) in [6.07, 6.45) is 6.80. The van der Waals surface area contributed by atoms with E-state index in [1.165, 1.54) is 32.1 Å². The van der Waals surface area contributed by atoms with Crippen LogP contribution in [-0.2, 0) is 9.59 Å². The van der Waals surface area contributed by atoms with Crippen LogP contribution in [0, 0.1) is 0 Å². The lowest BCUT2D eigenvalue weighted by Gasteiger charge is -2.29. The molecule has 5 nitrogen and oxygen atoms in total. The monoisotopic (exact) mass is 423 g/mol. The molecule has 2 N–H and O–H groups in total. The van der Waals surface area contributed by atoms with Gasteiger partial charge in [-0.2, -0.15) is 0 Å². The van der Waals surface area contributed by atoms with Crippen LogP contribution < -0.4 is 15.5 Å². The molecule has 0 aromatic heterocycles. The van der Waals surface area contributed by atoms with Gasteiger partial charge in [-0.05, 0) is 49.2 Å². The first-order chi connectivity index (χ1) is 14.7. The van der Waals surface area contributed by atoms with Crippen molar-refractivity contribution in [1.82, 2.24) is 0 Å². The molecule has 30 heavy (non-hydrogen) atoms. The molecule has 0 radical (unpaired) electrons. The predicted molar refractivity (Wildman–Crippen MR) is 124 cm³/mol. The van der Waals surface area contributed by atoms with E-state index < -0.39 is 0 Å². The molecule has 2 aliphatic rings. The molecule has 6 heteroatoms. The Hall–Kier alpha value is -2.47. The number of rotatable bonds is 6. The molecule has 2 aromatic carbocycles. The zero-order chi connectivity index (χ0) is 20.8. The highest BCUT2D eigenvalue weighted by atomic mass is 32.2. The largest absolute Gasteiger partial charge is 0.382 e. The molecule has 1 saturated carbocycles. The second-order valence-electron chi connectivity index (χ2n) is 7.97. The Kier molecular flexibility index (Phi) is 6.95. The number of hydrogen-bond donors (Lipinski definition) is 2. The van der Waals surface area contributed by atoms with Gasteiger partial charge < -0.3 is 15.5 Å². The molecular weight excluding hydrogens is 394 g/mol. The molecule has 4 rings (SSSR count). The molecular formula is C24H29N3O2S. The highest BCUT2D eigenvalue weighted by molar-refractivity contribution is 7.99. The SMILES string of the molecule is O=C(CCC(=O)N1CCSc2ccccc21)Nc1ccc(NC2CCCCC2)cc1. The van der Waals surface area contributed by atoms with Gasteiger partial charge in [0.2, 0.25) is 11.8 Å². The molecule has 1 aliphatic carbocycles. The van der Waals surface area contributed by atoms with Crippen LogP contribution in [0.4, 0.5) is 17.1 Å². The number of fused-ring (bicyclic) bond motifs is 1. The third kappa shape index (κ3) is 5.36. The summed E-state index contributed by atoms with van der Waals surface area (Å²) >= 11 is 1.77. The van der Waals surface area contributed by atoms with Gasteiger partial charge in [0.1, 0.15) is 0 Å². The fourth-order valence-corrected chi connectivity index (χ4v) is 5.13. The van der Waals surface area contributed by atoms with Gasteiger partial charge in [0.05, 0.1) is 5.69 Å². The zero-order valence-corrected chi connectivity index (χ0v) is 18.0. The summed E-state index contributed by atoms with van der Waals surface area (Å²) in [6, 6.07) is 16.4. The molecule has 0 spiro atoms. The average Bonchev–Trinajstić information content (AvgIpc) is 2.79. The summed E-state index contributed by atoms with van der Waals surface area (Å²) in [5.41, 5.74) is 2.82. The van der Waals surface area contributed by atoms with Gasteiger partial charge in [-0.25, -0.2) is 0 Å². The molecule has 0 unspecified atom stereocenters. The fourth-order valence-electron chi connectivity index (χ4n) is 4.14. The Morgan fingerprint density at radius 1 is 0.933 bits per heavy atom. The maximum atomic E-state index is 12.7. The Morgan fingerprint density at radius 3 is 2.47 bits per heavy atom. The van der Waals surface area contributed by atoms with E-state index in [9.17, 15) is 9.59 Å². The van der Waals surface area contributed by atoms with Crippen molar-refractivity contribution in [3.05, 3.63) is 48.5 Å². The first-order valence-corrected chi connectivity index (χ1v) is 11.9. The van der Waals surface area contributed by atoms with Crippen molar-refractivity contribution in [3.8, 4) is 0 Å². The van der Waals surface area contributed by atoms with E-state index in [1.54, 1.807) is 11.8 Å². The third-order valence-corrected chi connectivity index (χ3v) is 6.78. The number of amides is 2. The lowest BCUT2D eigenvalue weighted by atomic mass is 9.95. The van der Waals surface area contributed by atoms with Gasteiger partial charge in [0.25, 0.3) is 0 Å². The van der Waals surface area contributed by atoms with Gasteiger partial charge in [0, 0.05) is 47.5 Å². The summed E-state index contributed by atoms with van der Waals surface area (Å²) in [5, 5.41) is 6.49. The smallest absolute Gasteiger partial charge is 0.227 e. The van der Waals surface area contributed by atoms with Crippen LogP contribution in [0.5, 0.6) is 0 Å². The minimum absolute atomic E-state index is 0.00456. The maximum absolute atomic E-state index is 12.7. The van der Waals surface area contributed by atoms with Crippen LogP contribution >= 0.6 is 11.8 Å². The summed E-state index contributed by atoms with van der Waals surface area (Å²) in [7, 11) is 0. The maximum Gasteiger partial charge on any atom is 0.227 e. The van der Waals surface area contributed by atoms with Gasteiger partial charge >= 0.3 is 0 Å². The van der Waals surface area contributed by atoms with E-state index in [0.29, 0.717) is 12.6 Å². The molecule has 0 saturated heterocycles. The van der Waals surface area contributed by atoms with E-state index >= 15 is 0 Å². The average molecular weight is 424 g/mol. The standard InChI is InChI=1S/C24H29N3O2S/c28-23(14-15-24(29)27-16-17-30-22-9-5-4-8-21(22)27)26-20-12-10-19(11-13-20)25-18-6-2-1-3-7-18/h4-5,8-13,18,25H,1-3,6-7,14-17H2,(H,26,28). The van der Waals surface area contributed by atoms with Crippen molar-refractivity contribution < 1.29 is 9.59 Å². The molecule has 0 atom stereocenters. The van der Waals surface area contributed by atoms with Crippen LogP contribution in [0.3, 0.4) is 0 Å². The van der Waals surface area contributed by atoms with Crippen molar-refractivity contribution in [1.29, 1.82) is 0 Å². The van der Waals surface area contributed by atoms with Gasteiger partial charge in [0.15, 0.2) is 0 Å². The third-order valence-electron chi connectivity index (χ3n) is 5.74. The fraction of sp³-hybridized carbons (Fsp3) is 0.417. The molecule has 158 valence electrons. The number of benzene rings is 2. The van der Waals surface area contributed by atoms with E-state index in [2.05, 4.69) is 10.6 Å². The summed E-state index contributed by atoms with van der Waals surface area (Å²) in [6.45, 7) is 0.692. The summed E-state index contributed by atoms with van der Waals surface area (Å²) < 4.78 is 0. The normalized spacial score (nSPS) is 16.6. The Labute approximate surface area is 182 Å². The highest BCUT2D eigenvalue weighted by Gasteiger charge is 2.23. The van der Waals surface area contributed by atoms with Crippen molar-refractivity contribution >= 4 is 40.6 Å². The highest BCUT2D eigenvalue weighted by Crippen LogP contribution is 2.34. The number of carbonyl (C=O) groups is 2. The zero-order valence-electron chi connectivity index (χ0n) is 17.2. The lowest BCUT2D eigenvalue weighted by Crippen LogP contribution is -2.35. The minimum atomic E-state index is -0.129. The molecule has 1 heterocycles. The van der Waals surface area contributed by atoms with E-state index in [0.717, 1.165) is 27.7 Å². The number of para-hydroxylation sites is 1. The van der Waals surface area contributed by atoms with Crippen LogP contribution in [0.2, 0.25) is 0 Å². The van der Waals surface area contributed by atoms with Crippen molar-refractivity contribution in [2.75, 3.05) is 27.8 Å². The van der Waals surface area contributed by atoms with Gasteiger partial charge in [-0.1, -0.05) is 31.4 Å². The number of nitrogens with one attached hydrogen (secondary N) is 2. The lowest BCUT2D eigenvalue weighted by molar-refractivity contribution is -0.122. The Bertz CT molecular complexity index is 878. The molecule has 2 amide bonds. The number of nitrogens with zero attached hydrogens (tertiary/aromatic N) is 1. The van der Waals surface area contributed by atoms with Gasteiger partial charge in [-0.15, -0.1) is 11.8 Å². The number of carbonyl (C=O) groups excluding carboxylic acids is 2. The molecule has 1 fully saturated rings. The second-order valence-corrected chi connectivity index (χ2v) is 9.10. The van der Waals surface area contributed by atoms with Crippen LogP contribution in [0.1, 0.15) is 44.9 Å². The number of anilines is 3. The number of thioether (sulfide) groups is 1. The van der Waals surface area contributed by atoms with Crippen molar-refractivity contribution in [2.45, 2.75) is 55.9 Å². The van der Waals surface area contributed by atoms with E-state index in [-0.39, 0.29) is 24.7 Å². The topological polar surface area (TPSA) is 61.4 Å². The molecule has 0 bridgehead atoms. The molecule has 1 aliphatic heterocycles. The van der Waals surface area contributed by atoms with Crippen LogP contribution in [0.25, 0.3) is 0 Å². The van der Waals surface area contributed by atoms with Crippen molar-refractivity contribution in [3.63, 3.8) is 0 Å². The first-order valence-electron chi connectivity index (χ1n) is 10.9. The number of hydrogen-bond acceptors (Lipinski definition) is 4.